The van der Waals surface area contributed by atoms with Crippen LogP contribution in [0.5, 0.6) is 0 Å². The summed E-state index contributed by atoms with van der Waals surface area (Å²) in [6, 6.07) is 0. The number of aromatic nitrogens is 2. The highest BCUT2D eigenvalue weighted by atomic mass is 16.6. The molecule has 1 atom stereocenters. The molecule has 1 aromatic heterocycles. The Hall–Kier alpha value is -2.18. The molecule has 2 heterocycles. The molecule has 1 saturated heterocycles. The molecule has 0 radical (unpaired) electrons. The molecule has 0 aromatic carbocycles. The molecule has 0 spiro atoms. The van der Waals surface area contributed by atoms with Gasteiger partial charge in [-0.3, -0.25) is 9.59 Å². The van der Waals surface area contributed by atoms with Crippen molar-refractivity contribution in [3.8, 4) is 0 Å². The first-order chi connectivity index (χ1) is 8.76. The summed E-state index contributed by atoms with van der Waals surface area (Å²) < 4.78 is 10.7. The topological polar surface area (TPSA) is 87.5 Å². The summed E-state index contributed by atoms with van der Waals surface area (Å²) in [5.74, 6) is -1.96. The van der Waals surface area contributed by atoms with Gasteiger partial charge < -0.3 is 9.47 Å². The number of ether oxygens (including phenoxy) is 2. The van der Waals surface area contributed by atoms with Gasteiger partial charge in [0.25, 0.3) is 0 Å². The van der Waals surface area contributed by atoms with E-state index in [2.05, 4.69) is 9.72 Å². The highest BCUT2D eigenvalue weighted by Crippen LogP contribution is 2.26. The Morgan fingerprint density at radius 3 is 2.68 bits per heavy atom. The fourth-order valence-corrected chi connectivity index (χ4v) is 1.63. The van der Waals surface area contributed by atoms with E-state index in [0.29, 0.717) is 5.69 Å². The molecule has 7 heteroatoms. The fraction of sp³-hybridized carbons (Fsp3) is 0.500. The van der Waals surface area contributed by atoms with Crippen LogP contribution in [-0.2, 0) is 19.1 Å². The van der Waals surface area contributed by atoms with Crippen molar-refractivity contribution in [2.24, 2.45) is 0 Å². The van der Waals surface area contributed by atoms with Gasteiger partial charge in [-0.2, -0.15) is 0 Å². The molecule has 19 heavy (non-hydrogen) atoms. The number of hydrogen-bond donors (Lipinski definition) is 0. The minimum Gasteiger partial charge on any atom is -0.443 e. The quantitative estimate of drug-likeness (QED) is 0.561. The van der Waals surface area contributed by atoms with Gasteiger partial charge in [-0.05, 0) is 20.8 Å². The van der Waals surface area contributed by atoms with Crippen LogP contribution in [0.25, 0.3) is 0 Å². The number of imidazole rings is 1. The van der Waals surface area contributed by atoms with Crippen LogP contribution >= 0.6 is 0 Å². The maximum atomic E-state index is 11.8. The van der Waals surface area contributed by atoms with Gasteiger partial charge in [0, 0.05) is 6.20 Å². The number of carbonyl (C=O) groups is 3. The molecular weight excluding hydrogens is 252 g/mol. The summed E-state index contributed by atoms with van der Waals surface area (Å²) in [7, 11) is 0. The minimum absolute atomic E-state index is 0.0514. The predicted molar refractivity (Wildman–Crippen MR) is 62.3 cm³/mol. The van der Waals surface area contributed by atoms with Crippen LogP contribution in [-0.4, -0.2) is 33.2 Å². The second-order valence-electron chi connectivity index (χ2n) is 5.24. The standard InChI is InChI=1S/C12H14N2O5/c1-12(2,3)19-11(17)14-5-8(13-6-14)7-4-9(15)18-10(7)16/h5-7H,4H2,1-3H3. The Labute approximate surface area is 109 Å². The predicted octanol–water partition coefficient (Wildman–Crippen LogP) is 1.22. The van der Waals surface area contributed by atoms with Gasteiger partial charge in [0.2, 0.25) is 0 Å². The first-order valence-corrected chi connectivity index (χ1v) is 5.78. The lowest BCUT2D eigenvalue weighted by atomic mass is 10.1. The number of nitrogens with zero attached hydrogens (tertiary/aromatic N) is 2. The van der Waals surface area contributed by atoms with Crippen molar-refractivity contribution in [2.75, 3.05) is 0 Å². The Bertz CT molecular complexity index is 541. The van der Waals surface area contributed by atoms with Crippen molar-refractivity contribution in [1.29, 1.82) is 0 Å². The second kappa shape index (κ2) is 4.49. The molecule has 1 aromatic rings. The molecule has 1 unspecified atom stereocenters. The molecule has 7 nitrogen and oxygen atoms in total. The van der Waals surface area contributed by atoms with Gasteiger partial charge in [0.1, 0.15) is 17.8 Å². The number of cyclic esters (lactones) is 2. The zero-order chi connectivity index (χ0) is 14.2. The van der Waals surface area contributed by atoms with Gasteiger partial charge in [-0.15, -0.1) is 0 Å². The maximum Gasteiger partial charge on any atom is 0.419 e. The molecule has 0 amide bonds. The third kappa shape index (κ3) is 2.98. The summed E-state index contributed by atoms with van der Waals surface area (Å²) in [4.78, 5) is 38.1. The monoisotopic (exact) mass is 266 g/mol. The van der Waals surface area contributed by atoms with E-state index in [1.54, 1.807) is 20.8 Å². The van der Waals surface area contributed by atoms with Crippen LogP contribution in [0.1, 0.15) is 38.8 Å². The average Bonchev–Trinajstić information content (AvgIpc) is 2.82. The lowest BCUT2D eigenvalue weighted by molar-refractivity contribution is -0.152. The van der Waals surface area contributed by atoms with Crippen LogP contribution < -0.4 is 0 Å². The number of esters is 2. The highest BCUT2D eigenvalue weighted by Gasteiger charge is 2.36. The third-order valence-electron chi connectivity index (χ3n) is 2.43. The first-order valence-electron chi connectivity index (χ1n) is 5.78. The lowest BCUT2D eigenvalue weighted by Gasteiger charge is -2.19. The zero-order valence-corrected chi connectivity index (χ0v) is 10.9. The van der Waals surface area contributed by atoms with E-state index in [1.165, 1.54) is 12.5 Å². The van der Waals surface area contributed by atoms with Crippen molar-refractivity contribution in [2.45, 2.75) is 38.7 Å². The molecule has 0 saturated carbocycles. The number of rotatable bonds is 1. The van der Waals surface area contributed by atoms with E-state index in [1.807, 2.05) is 0 Å². The Morgan fingerprint density at radius 2 is 2.16 bits per heavy atom. The molecule has 0 aliphatic carbocycles. The van der Waals surface area contributed by atoms with Crippen molar-refractivity contribution in [3.05, 3.63) is 18.2 Å². The normalized spacial score (nSPS) is 19.4. The third-order valence-corrected chi connectivity index (χ3v) is 2.43. The largest absolute Gasteiger partial charge is 0.443 e. The van der Waals surface area contributed by atoms with Crippen molar-refractivity contribution in [1.82, 2.24) is 9.55 Å². The van der Waals surface area contributed by atoms with Crippen LogP contribution in [0.2, 0.25) is 0 Å². The fourth-order valence-electron chi connectivity index (χ4n) is 1.63. The molecule has 0 bridgehead atoms. The van der Waals surface area contributed by atoms with Crippen molar-refractivity contribution >= 4 is 18.0 Å². The van der Waals surface area contributed by atoms with Gasteiger partial charge in [-0.25, -0.2) is 14.3 Å². The summed E-state index contributed by atoms with van der Waals surface area (Å²) in [6.45, 7) is 5.24. The number of hydrogen-bond acceptors (Lipinski definition) is 6. The van der Waals surface area contributed by atoms with E-state index >= 15 is 0 Å². The van der Waals surface area contributed by atoms with Crippen LogP contribution in [0.15, 0.2) is 12.5 Å². The Morgan fingerprint density at radius 1 is 1.47 bits per heavy atom. The second-order valence-corrected chi connectivity index (χ2v) is 5.24. The van der Waals surface area contributed by atoms with Gasteiger partial charge >= 0.3 is 18.0 Å². The zero-order valence-electron chi connectivity index (χ0n) is 10.9. The van der Waals surface area contributed by atoms with E-state index in [-0.39, 0.29) is 6.42 Å². The molecule has 1 fully saturated rings. The Kier molecular flexibility index (Phi) is 3.13. The molecular formula is C12H14N2O5. The molecule has 0 N–H and O–H groups in total. The van der Waals surface area contributed by atoms with Crippen LogP contribution in [0.3, 0.4) is 0 Å². The summed E-state index contributed by atoms with van der Waals surface area (Å²) in [6.07, 6.45) is 1.98. The van der Waals surface area contributed by atoms with Crippen LogP contribution in [0, 0.1) is 0 Å². The van der Waals surface area contributed by atoms with E-state index in [4.69, 9.17) is 4.74 Å². The van der Waals surface area contributed by atoms with Gasteiger partial charge in [-0.1, -0.05) is 0 Å². The van der Waals surface area contributed by atoms with Crippen LogP contribution in [0.4, 0.5) is 4.79 Å². The Balaban J connectivity index is 2.13. The summed E-state index contributed by atoms with van der Waals surface area (Å²) in [5.41, 5.74) is -0.300. The summed E-state index contributed by atoms with van der Waals surface area (Å²) >= 11 is 0. The molecule has 1 aliphatic rings. The molecule has 2 rings (SSSR count). The van der Waals surface area contributed by atoms with Gasteiger partial charge in [0.05, 0.1) is 12.1 Å². The van der Waals surface area contributed by atoms with Gasteiger partial charge in [0.15, 0.2) is 0 Å². The summed E-state index contributed by atoms with van der Waals surface area (Å²) in [5, 5.41) is 0. The molecule has 102 valence electrons. The SMILES string of the molecule is CC(C)(C)OC(=O)n1cnc(C2CC(=O)OC2=O)c1. The van der Waals surface area contributed by atoms with Crippen molar-refractivity contribution < 1.29 is 23.9 Å². The van der Waals surface area contributed by atoms with E-state index in [9.17, 15) is 14.4 Å². The number of carbonyl (C=O) groups excluding carboxylic acids is 3. The maximum absolute atomic E-state index is 11.8. The van der Waals surface area contributed by atoms with Crippen molar-refractivity contribution in [3.63, 3.8) is 0 Å². The first kappa shape index (κ1) is 13.3. The minimum atomic E-state index is -0.740. The smallest absolute Gasteiger partial charge is 0.419 e. The van der Waals surface area contributed by atoms with E-state index in [0.717, 1.165) is 4.57 Å². The highest BCUT2D eigenvalue weighted by molar-refractivity contribution is 5.97. The molecule has 1 aliphatic heterocycles. The average molecular weight is 266 g/mol. The lowest BCUT2D eigenvalue weighted by Crippen LogP contribution is -2.26. The van der Waals surface area contributed by atoms with E-state index < -0.39 is 29.6 Å².